The van der Waals surface area contributed by atoms with E-state index in [0.717, 1.165) is 17.1 Å². The van der Waals surface area contributed by atoms with Gasteiger partial charge in [0.1, 0.15) is 0 Å². The Morgan fingerprint density at radius 3 is 1.85 bits per heavy atom. The molecule has 9 rings (SSSR count). The minimum absolute atomic E-state index is 0.0743. The molecule has 0 heterocycles. The number of fused-ring (bicyclic) bond motifs is 6. The molecule has 0 atom stereocenters. The number of anilines is 3. The maximum atomic E-state index is 2.49. The van der Waals surface area contributed by atoms with Crippen LogP contribution in [0.4, 0.5) is 17.1 Å². The second-order valence-corrected chi connectivity index (χ2v) is 13.3. The molecule has 228 valence electrons. The summed E-state index contributed by atoms with van der Waals surface area (Å²) in [6.45, 7) is 4.71. The van der Waals surface area contributed by atoms with Crippen molar-refractivity contribution in [2.75, 3.05) is 4.90 Å². The average molecular weight is 614 g/mol. The molecule has 1 aliphatic carbocycles. The van der Waals surface area contributed by atoms with E-state index in [2.05, 4.69) is 195 Å². The quantitative estimate of drug-likeness (QED) is 0.175. The van der Waals surface area contributed by atoms with Crippen molar-refractivity contribution >= 4 is 38.6 Å². The van der Waals surface area contributed by atoms with Gasteiger partial charge in [0.25, 0.3) is 0 Å². The van der Waals surface area contributed by atoms with Gasteiger partial charge in [0.15, 0.2) is 0 Å². The molecule has 8 aromatic rings. The van der Waals surface area contributed by atoms with Gasteiger partial charge in [-0.1, -0.05) is 166 Å². The van der Waals surface area contributed by atoms with E-state index in [4.69, 9.17) is 0 Å². The van der Waals surface area contributed by atoms with Gasteiger partial charge in [0.05, 0.1) is 11.4 Å². The molecule has 0 saturated heterocycles. The summed E-state index contributed by atoms with van der Waals surface area (Å²) in [5.74, 6) is 0. The Morgan fingerprint density at radius 2 is 1.00 bits per heavy atom. The first kappa shape index (κ1) is 28.3. The molecule has 0 unspecified atom stereocenters. The van der Waals surface area contributed by atoms with E-state index in [1.54, 1.807) is 0 Å². The average Bonchev–Trinajstić information content (AvgIpc) is 3.39. The first-order valence-electron chi connectivity index (χ1n) is 16.8. The molecular weight excluding hydrogens is 579 g/mol. The van der Waals surface area contributed by atoms with Crippen LogP contribution in [-0.2, 0) is 5.41 Å². The fourth-order valence-electron chi connectivity index (χ4n) is 7.96. The summed E-state index contributed by atoms with van der Waals surface area (Å²) in [5.41, 5.74) is 13.7. The van der Waals surface area contributed by atoms with Crippen LogP contribution in [0.25, 0.3) is 54.9 Å². The fraction of sp³-hybridized carbons (Fsp3) is 0.0638. The Hall–Kier alpha value is -5.92. The van der Waals surface area contributed by atoms with Crippen LogP contribution >= 0.6 is 0 Å². The van der Waals surface area contributed by atoms with Crippen LogP contribution in [0.1, 0.15) is 25.0 Å². The van der Waals surface area contributed by atoms with Gasteiger partial charge in [-0.2, -0.15) is 0 Å². The second-order valence-electron chi connectivity index (χ2n) is 13.3. The summed E-state index contributed by atoms with van der Waals surface area (Å²) in [7, 11) is 0. The molecule has 0 fully saturated rings. The molecule has 1 nitrogen and oxygen atoms in total. The Bertz CT molecular complexity index is 2490. The third-order valence-corrected chi connectivity index (χ3v) is 10.2. The minimum atomic E-state index is -0.0743. The number of hydrogen-bond donors (Lipinski definition) is 0. The van der Waals surface area contributed by atoms with Gasteiger partial charge in [-0.25, -0.2) is 0 Å². The van der Waals surface area contributed by atoms with E-state index >= 15 is 0 Å². The summed E-state index contributed by atoms with van der Waals surface area (Å²) in [5, 5.41) is 4.97. The van der Waals surface area contributed by atoms with E-state index in [0.29, 0.717) is 0 Å². The zero-order chi connectivity index (χ0) is 32.2. The van der Waals surface area contributed by atoms with Crippen LogP contribution in [-0.4, -0.2) is 0 Å². The van der Waals surface area contributed by atoms with Gasteiger partial charge in [-0.3, -0.25) is 0 Å². The zero-order valence-electron chi connectivity index (χ0n) is 27.2. The lowest BCUT2D eigenvalue weighted by Gasteiger charge is -2.30. The van der Waals surface area contributed by atoms with Crippen molar-refractivity contribution in [3.63, 3.8) is 0 Å². The van der Waals surface area contributed by atoms with Crippen LogP contribution in [0, 0.1) is 0 Å². The smallest absolute Gasteiger partial charge is 0.0546 e. The van der Waals surface area contributed by atoms with Crippen molar-refractivity contribution in [3.05, 3.63) is 187 Å². The molecule has 8 aromatic carbocycles. The number of para-hydroxylation sites is 1. The lowest BCUT2D eigenvalue weighted by Crippen LogP contribution is -2.15. The van der Waals surface area contributed by atoms with Crippen molar-refractivity contribution in [1.29, 1.82) is 0 Å². The standard InChI is InChI=1S/C47H35N/c1-47(2)42-27-12-10-25-41(42)46-40(26-15-28-43(46)47)39-24-11-13-29-44(39)48(35-20-14-19-33(30-35)32-16-4-3-5-17-32)45-31-34-18-6-7-21-36(34)37-22-8-9-23-38(37)45/h3-31H,1-2H3. The molecule has 0 amide bonds. The van der Waals surface area contributed by atoms with Gasteiger partial charge in [0, 0.05) is 22.1 Å². The highest BCUT2D eigenvalue weighted by molar-refractivity contribution is 6.15. The highest BCUT2D eigenvalue weighted by atomic mass is 15.1. The fourth-order valence-corrected chi connectivity index (χ4v) is 7.96. The molecule has 0 spiro atoms. The summed E-state index contributed by atoms with van der Waals surface area (Å²) < 4.78 is 0. The SMILES string of the molecule is CC1(C)c2ccccc2-c2c(-c3ccccc3N(c3cccc(-c4ccccc4)c3)c3cc4ccccc4c4ccccc34)cccc21. The lowest BCUT2D eigenvalue weighted by atomic mass is 9.82. The van der Waals surface area contributed by atoms with E-state index in [1.807, 2.05) is 0 Å². The topological polar surface area (TPSA) is 3.24 Å². The van der Waals surface area contributed by atoms with Crippen molar-refractivity contribution < 1.29 is 0 Å². The Balaban J connectivity index is 1.36. The van der Waals surface area contributed by atoms with E-state index in [1.165, 1.54) is 66.1 Å². The molecule has 0 saturated carbocycles. The number of rotatable bonds is 5. The van der Waals surface area contributed by atoms with E-state index < -0.39 is 0 Å². The number of benzene rings is 8. The van der Waals surface area contributed by atoms with E-state index in [-0.39, 0.29) is 5.41 Å². The van der Waals surface area contributed by atoms with Crippen molar-refractivity contribution in [1.82, 2.24) is 0 Å². The van der Waals surface area contributed by atoms with Gasteiger partial charge < -0.3 is 4.90 Å². The first-order valence-corrected chi connectivity index (χ1v) is 16.8. The van der Waals surface area contributed by atoms with Crippen molar-refractivity contribution in [2.45, 2.75) is 19.3 Å². The number of nitrogens with zero attached hydrogens (tertiary/aromatic N) is 1. The predicted molar refractivity (Wildman–Crippen MR) is 205 cm³/mol. The molecule has 1 heteroatoms. The van der Waals surface area contributed by atoms with Crippen molar-refractivity contribution in [3.8, 4) is 33.4 Å². The van der Waals surface area contributed by atoms with Crippen LogP contribution in [0.15, 0.2) is 176 Å². The first-order chi connectivity index (χ1) is 23.6. The maximum absolute atomic E-state index is 2.49. The molecule has 0 aliphatic heterocycles. The van der Waals surface area contributed by atoms with Crippen LogP contribution in [0.2, 0.25) is 0 Å². The number of hydrogen-bond acceptors (Lipinski definition) is 1. The van der Waals surface area contributed by atoms with Crippen LogP contribution in [0.3, 0.4) is 0 Å². The highest BCUT2D eigenvalue weighted by Crippen LogP contribution is 2.54. The minimum Gasteiger partial charge on any atom is -0.309 e. The Morgan fingerprint density at radius 1 is 0.396 bits per heavy atom. The maximum Gasteiger partial charge on any atom is 0.0546 e. The second kappa shape index (κ2) is 11.1. The predicted octanol–water partition coefficient (Wildman–Crippen LogP) is 13.1. The van der Waals surface area contributed by atoms with Crippen LogP contribution in [0.5, 0.6) is 0 Å². The Kier molecular flexibility index (Phi) is 6.55. The van der Waals surface area contributed by atoms with E-state index in [9.17, 15) is 0 Å². The van der Waals surface area contributed by atoms with Crippen molar-refractivity contribution in [2.24, 2.45) is 0 Å². The summed E-state index contributed by atoms with van der Waals surface area (Å²) >= 11 is 0. The molecule has 0 radical (unpaired) electrons. The molecule has 48 heavy (non-hydrogen) atoms. The summed E-state index contributed by atoms with van der Waals surface area (Å²) in [4.78, 5) is 2.49. The normalized spacial score (nSPS) is 13.0. The zero-order valence-corrected chi connectivity index (χ0v) is 27.2. The van der Waals surface area contributed by atoms with Gasteiger partial charge in [0.2, 0.25) is 0 Å². The summed E-state index contributed by atoms with van der Waals surface area (Å²) in [6.07, 6.45) is 0. The van der Waals surface area contributed by atoms with Gasteiger partial charge in [-0.15, -0.1) is 0 Å². The largest absolute Gasteiger partial charge is 0.309 e. The third kappa shape index (κ3) is 4.39. The molecule has 0 N–H and O–H groups in total. The van der Waals surface area contributed by atoms with Gasteiger partial charge >= 0.3 is 0 Å². The highest BCUT2D eigenvalue weighted by Gasteiger charge is 2.37. The van der Waals surface area contributed by atoms with Crippen LogP contribution < -0.4 is 4.90 Å². The lowest BCUT2D eigenvalue weighted by molar-refractivity contribution is 0.660. The molecule has 0 aromatic heterocycles. The van der Waals surface area contributed by atoms with Gasteiger partial charge in [-0.05, 0) is 79.4 Å². The third-order valence-electron chi connectivity index (χ3n) is 10.2. The monoisotopic (exact) mass is 613 g/mol. The molecule has 0 bridgehead atoms. The molecule has 1 aliphatic rings. The summed E-state index contributed by atoms with van der Waals surface area (Å²) in [6, 6.07) is 64.4. The molecular formula is C47H35N. The Labute approximate surface area is 282 Å².